The van der Waals surface area contributed by atoms with Gasteiger partial charge in [-0.05, 0) is 53.6 Å². The zero-order valence-electron chi connectivity index (χ0n) is 14.2. The predicted octanol–water partition coefficient (Wildman–Crippen LogP) is 3.84. The molecule has 0 heterocycles. The highest BCUT2D eigenvalue weighted by Crippen LogP contribution is 2.41. The molecule has 1 aliphatic carbocycles. The topological polar surface area (TPSA) is 73.9 Å². The lowest BCUT2D eigenvalue weighted by Crippen LogP contribution is -2.12. The van der Waals surface area contributed by atoms with E-state index in [1.807, 2.05) is 38.5 Å². The predicted molar refractivity (Wildman–Crippen MR) is 107 cm³/mol. The van der Waals surface area contributed by atoms with Crippen LogP contribution in [0.2, 0.25) is 5.02 Å². The number of likely N-dealkylation sites (N-methyl/N-ethyl adjacent to an activating group) is 1. The third-order valence-electron chi connectivity index (χ3n) is 4.39. The van der Waals surface area contributed by atoms with E-state index in [0.29, 0.717) is 10.7 Å². The molecule has 0 saturated carbocycles. The normalized spacial score (nSPS) is 16.4. The maximum absolute atomic E-state index is 7.65. The summed E-state index contributed by atoms with van der Waals surface area (Å²) in [5.41, 5.74) is 12.7. The van der Waals surface area contributed by atoms with Gasteiger partial charge in [-0.15, -0.1) is 0 Å². The molecular formula is C20H21ClN4. The molecule has 0 fully saturated rings. The molecule has 2 aromatic carbocycles. The van der Waals surface area contributed by atoms with Crippen molar-refractivity contribution in [3.05, 3.63) is 76.0 Å². The Hall–Kier alpha value is -2.56. The molecular weight excluding hydrogens is 332 g/mol. The molecule has 0 saturated heterocycles. The lowest BCUT2D eigenvalue weighted by atomic mass is 9.94. The third-order valence-corrected chi connectivity index (χ3v) is 4.72. The molecule has 25 heavy (non-hydrogen) atoms. The number of allylic oxidation sites excluding steroid dienone is 1. The fourth-order valence-electron chi connectivity index (χ4n) is 3.17. The number of rotatable bonds is 5. The van der Waals surface area contributed by atoms with Gasteiger partial charge >= 0.3 is 0 Å². The van der Waals surface area contributed by atoms with Crippen molar-refractivity contribution in [2.24, 2.45) is 0 Å². The van der Waals surface area contributed by atoms with Crippen LogP contribution >= 0.6 is 11.6 Å². The minimum absolute atomic E-state index is 0.119. The average Bonchev–Trinajstić information content (AvgIpc) is 2.99. The Kier molecular flexibility index (Phi) is 4.93. The molecule has 5 N–H and O–H groups in total. The van der Waals surface area contributed by atoms with E-state index in [1.165, 1.54) is 11.8 Å². The van der Waals surface area contributed by atoms with Crippen molar-refractivity contribution in [3.8, 4) is 0 Å². The summed E-state index contributed by atoms with van der Waals surface area (Å²) in [5, 5.41) is 14.6. The van der Waals surface area contributed by atoms with Crippen molar-refractivity contribution in [2.75, 3.05) is 19.8 Å². The number of nitrogens with two attached hydrogens (primary N) is 1. The Morgan fingerprint density at radius 3 is 2.64 bits per heavy atom. The Bertz CT molecular complexity index is 883. The molecule has 4 nitrogen and oxygen atoms in total. The van der Waals surface area contributed by atoms with Crippen LogP contribution < -0.4 is 16.4 Å². The van der Waals surface area contributed by atoms with Crippen LogP contribution in [0.15, 0.2) is 48.7 Å². The molecule has 2 aromatic rings. The van der Waals surface area contributed by atoms with Crippen LogP contribution in [-0.4, -0.2) is 20.3 Å². The molecule has 1 atom stereocenters. The smallest absolute Gasteiger partial charge is 0.0519 e. The second-order valence-corrected chi connectivity index (χ2v) is 6.33. The number of halogens is 1. The fraction of sp³-hybridized carbons (Fsp3) is 0.150. The lowest BCUT2D eigenvalue weighted by Gasteiger charge is -2.13. The van der Waals surface area contributed by atoms with Gasteiger partial charge < -0.3 is 21.8 Å². The molecule has 0 aromatic heterocycles. The van der Waals surface area contributed by atoms with E-state index in [2.05, 4.69) is 28.8 Å². The van der Waals surface area contributed by atoms with Gasteiger partial charge in [0.05, 0.1) is 6.04 Å². The summed E-state index contributed by atoms with van der Waals surface area (Å²) >= 11 is 6.44. The van der Waals surface area contributed by atoms with Crippen LogP contribution in [0.25, 0.3) is 11.1 Å². The molecule has 3 rings (SSSR count). The minimum Gasteiger partial charge on any atom is -0.399 e. The van der Waals surface area contributed by atoms with E-state index in [-0.39, 0.29) is 6.04 Å². The number of nitrogens with one attached hydrogen (secondary N) is 3. The van der Waals surface area contributed by atoms with Gasteiger partial charge in [0.15, 0.2) is 0 Å². The molecule has 0 radical (unpaired) electrons. The Morgan fingerprint density at radius 2 is 1.96 bits per heavy atom. The third kappa shape index (κ3) is 3.18. The zero-order valence-corrected chi connectivity index (χ0v) is 15.0. The van der Waals surface area contributed by atoms with Crippen LogP contribution in [0.5, 0.6) is 0 Å². The van der Waals surface area contributed by atoms with E-state index in [4.69, 9.17) is 22.7 Å². The molecule has 5 heteroatoms. The number of hydrogen-bond acceptors (Lipinski definition) is 4. The standard InChI is InChI=1S/C20H21ClN4/c1-24-11-13(10-22)12-3-5-15-16(7-12)17(9-20(15)25-2)18-8-14(23)4-6-19(18)21/h3-11,20,22,24-25H,23H2,1-2H3/b13-11+,22-10?. The first-order chi connectivity index (χ1) is 12.1. The van der Waals surface area contributed by atoms with E-state index < -0.39 is 0 Å². The van der Waals surface area contributed by atoms with Crippen molar-refractivity contribution in [1.29, 1.82) is 5.41 Å². The second-order valence-electron chi connectivity index (χ2n) is 5.92. The second kappa shape index (κ2) is 7.13. The first-order valence-electron chi connectivity index (χ1n) is 8.06. The summed E-state index contributed by atoms with van der Waals surface area (Å²) in [5.74, 6) is 0. The number of nitrogen functional groups attached to an aromatic ring is 1. The Balaban J connectivity index is 2.17. The highest BCUT2D eigenvalue weighted by molar-refractivity contribution is 6.32. The van der Waals surface area contributed by atoms with Crippen LogP contribution in [0.4, 0.5) is 5.69 Å². The van der Waals surface area contributed by atoms with Crippen LogP contribution in [0.1, 0.15) is 28.3 Å². The van der Waals surface area contributed by atoms with Crippen LogP contribution in [-0.2, 0) is 0 Å². The van der Waals surface area contributed by atoms with Gasteiger partial charge in [-0.3, -0.25) is 0 Å². The van der Waals surface area contributed by atoms with Crippen molar-refractivity contribution in [3.63, 3.8) is 0 Å². The Labute approximate surface area is 152 Å². The van der Waals surface area contributed by atoms with E-state index in [9.17, 15) is 0 Å². The van der Waals surface area contributed by atoms with Gasteiger partial charge in [0.1, 0.15) is 0 Å². The summed E-state index contributed by atoms with van der Waals surface area (Å²) in [6.07, 6.45) is 5.33. The van der Waals surface area contributed by atoms with Crippen LogP contribution in [0, 0.1) is 5.41 Å². The lowest BCUT2D eigenvalue weighted by molar-refractivity contribution is 0.725. The quantitative estimate of drug-likeness (QED) is 0.488. The molecule has 0 aliphatic heterocycles. The minimum atomic E-state index is 0.119. The Morgan fingerprint density at radius 1 is 1.16 bits per heavy atom. The first kappa shape index (κ1) is 17.3. The SMILES string of the molecule is CN/C=C(\C=N)c1ccc2c(c1)C(c1cc(N)ccc1Cl)=CC2NC. The van der Waals surface area contributed by atoms with Gasteiger partial charge in [0.2, 0.25) is 0 Å². The van der Waals surface area contributed by atoms with Gasteiger partial charge in [-0.2, -0.15) is 0 Å². The summed E-state index contributed by atoms with van der Waals surface area (Å²) < 4.78 is 0. The van der Waals surface area contributed by atoms with Gasteiger partial charge in [-0.25, -0.2) is 0 Å². The summed E-state index contributed by atoms with van der Waals surface area (Å²) in [4.78, 5) is 0. The highest BCUT2D eigenvalue weighted by Gasteiger charge is 2.25. The molecule has 128 valence electrons. The zero-order chi connectivity index (χ0) is 18.0. The maximum atomic E-state index is 7.65. The summed E-state index contributed by atoms with van der Waals surface area (Å²) in [7, 11) is 3.76. The number of hydrogen-bond donors (Lipinski definition) is 4. The number of anilines is 1. The van der Waals surface area contributed by atoms with Crippen molar-refractivity contribution >= 4 is 34.6 Å². The van der Waals surface area contributed by atoms with E-state index in [0.717, 1.165) is 27.8 Å². The highest BCUT2D eigenvalue weighted by atomic mass is 35.5. The van der Waals surface area contributed by atoms with E-state index >= 15 is 0 Å². The van der Waals surface area contributed by atoms with Gasteiger partial charge in [0, 0.05) is 41.3 Å². The largest absolute Gasteiger partial charge is 0.399 e. The molecule has 0 bridgehead atoms. The monoisotopic (exact) mass is 352 g/mol. The molecule has 0 amide bonds. The molecule has 0 spiro atoms. The molecule has 1 aliphatic rings. The first-order valence-corrected chi connectivity index (χ1v) is 8.44. The summed E-state index contributed by atoms with van der Waals surface area (Å²) in [6, 6.07) is 11.9. The van der Waals surface area contributed by atoms with E-state index in [1.54, 1.807) is 6.07 Å². The van der Waals surface area contributed by atoms with Crippen LogP contribution in [0.3, 0.4) is 0 Å². The van der Waals surface area contributed by atoms with Crippen molar-refractivity contribution in [2.45, 2.75) is 6.04 Å². The number of benzene rings is 2. The van der Waals surface area contributed by atoms with Gasteiger partial charge in [0.25, 0.3) is 0 Å². The average molecular weight is 353 g/mol. The van der Waals surface area contributed by atoms with Crippen molar-refractivity contribution in [1.82, 2.24) is 10.6 Å². The number of fused-ring (bicyclic) bond motifs is 1. The maximum Gasteiger partial charge on any atom is 0.0519 e. The van der Waals surface area contributed by atoms with Gasteiger partial charge in [-0.1, -0.05) is 29.8 Å². The fourth-order valence-corrected chi connectivity index (χ4v) is 3.39. The molecule has 1 unspecified atom stereocenters. The van der Waals surface area contributed by atoms with Crippen molar-refractivity contribution < 1.29 is 0 Å². The summed E-state index contributed by atoms with van der Waals surface area (Å²) in [6.45, 7) is 0.